The molecule has 0 amide bonds. The molecule has 0 aliphatic heterocycles. The van der Waals surface area contributed by atoms with Gasteiger partial charge >= 0.3 is 5.69 Å². The Kier molecular flexibility index (Phi) is 3.53. The molecule has 0 atom stereocenters. The summed E-state index contributed by atoms with van der Waals surface area (Å²) in [5, 5.41) is 1.58. The van der Waals surface area contributed by atoms with E-state index in [2.05, 4.69) is 9.97 Å². The van der Waals surface area contributed by atoms with Crippen LogP contribution < -0.4 is 5.69 Å². The molecule has 4 nitrogen and oxygen atoms in total. The molecule has 0 aliphatic carbocycles. The van der Waals surface area contributed by atoms with Crippen LogP contribution in [0.3, 0.4) is 0 Å². The predicted molar refractivity (Wildman–Crippen MR) is 73.4 cm³/mol. The van der Waals surface area contributed by atoms with Crippen molar-refractivity contribution in [1.29, 1.82) is 0 Å². The number of H-pyrrole nitrogens is 2. The van der Waals surface area contributed by atoms with Crippen LogP contribution in [-0.2, 0) is 6.42 Å². The normalized spacial score (nSPS) is 10.3. The van der Waals surface area contributed by atoms with Crippen molar-refractivity contribution in [2.24, 2.45) is 0 Å². The van der Waals surface area contributed by atoms with Crippen LogP contribution in [0.25, 0.3) is 0 Å². The van der Waals surface area contributed by atoms with E-state index in [0.29, 0.717) is 11.4 Å². The van der Waals surface area contributed by atoms with Gasteiger partial charge in [-0.2, -0.15) is 0 Å². The molecule has 2 aromatic rings. The summed E-state index contributed by atoms with van der Waals surface area (Å²) in [7, 11) is 0. The number of thiocarbonyl (C=S) groups is 1. The Morgan fingerprint density at radius 1 is 1.28 bits per heavy atom. The Balaban J connectivity index is 2.18. The highest BCUT2D eigenvalue weighted by molar-refractivity contribution is 7.79. The molecule has 0 radical (unpaired) electrons. The van der Waals surface area contributed by atoms with Crippen LogP contribution in [0, 0.1) is 6.92 Å². The smallest absolute Gasteiger partial charge is 0.310 e. The fourth-order valence-corrected chi connectivity index (χ4v) is 1.90. The number of carbonyl (C=O) groups excluding carboxylic acids is 1. The summed E-state index contributed by atoms with van der Waals surface area (Å²) in [6.45, 7) is 1.69. The molecule has 1 aromatic carbocycles. The van der Waals surface area contributed by atoms with E-state index in [0.717, 1.165) is 11.1 Å². The SMILES string of the molecule is Cc1[nH]c(=O)[nH]c1C(=O)Cc1ccc(C=S)cc1. The maximum absolute atomic E-state index is 12.0. The van der Waals surface area contributed by atoms with Gasteiger partial charge in [-0.25, -0.2) is 4.79 Å². The molecule has 1 heterocycles. The molecule has 2 rings (SSSR count). The van der Waals surface area contributed by atoms with E-state index in [1.165, 1.54) is 0 Å². The first-order valence-electron chi connectivity index (χ1n) is 5.46. The number of hydrogen-bond donors (Lipinski definition) is 2. The molecule has 2 N–H and O–H groups in total. The lowest BCUT2D eigenvalue weighted by molar-refractivity contribution is 0.0988. The Bertz CT molecular complexity index is 638. The molecule has 1 aromatic heterocycles. The lowest BCUT2D eigenvalue weighted by Crippen LogP contribution is -2.08. The quantitative estimate of drug-likeness (QED) is 0.650. The average Bonchev–Trinajstić information content (AvgIpc) is 2.69. The van der Waals surface area contributed by atoms with Crippen molar-refractivity contribution in [2.45, 2.75) is 13.3 Å². The Morgan fingerprint density at radius 2 is 1.94 bits per heavy atom. The van der Waals surface area contributed by atoms with Gasteiger partial charge in [0.2, 0.25) is 0 Å². The first kappa shape index (κ1) is 12.4. The van der Waals surface area contributed by atoms with Crippen molar-refractivity contribution in [1.82, 2.24) is 9.97 Å². The number of Topliss-reactive ketones (excluding diaryl/α,β-unsaturated/α-hetero) is 1. The van der Waals surface area contributed by atoms with Crippen LogP contribution in [0.1, 0.15) is 27.3 Å². The summed E-state index contributed by atoms with van der Waals surface area (Å²) in [4.78, 5) is 28.1. The van der Waals surface area contributed by atoms with Gasteiger partial charge in [-0.15, -0.1) is 0 Å². The molecule has 0 saturated carbocycles. The summed E-state index contributed by atoms with van der Waals surface area (Å²) in [6, 6.07) is 7.44. The summed E-state index contributed by atoms with van der Waals surface area (Å²) in [5.74, 6) is -0.110. The number of aromatic nitrogens is 2. The molecule has 0 aliphatic rings. The van der Waals surface area contributed by atoms with E-state index in [1.54, 1.807) is 12.3 Å². The van der Waals surface area contributed by atoms with Crippen LogP contribution >= 0.6 is 12.2 Å². The van der Waals surface area contributed by atoms with E-state index in [4.69, 9.17) is 12.2 Å². The molecular weight excluding hydrogens is 248 g/mol. The van der Waals surface area contributed by atoms with E-state index >= 15 is 0 Å². The summed E-state index contributed by atoms with van der Waals surface area (Å²) < 4.78 is 0. The number of nitrogens with one attached hydrogen (secondary N) is 2. The monoisotopic (exact) mass is 260 g/mol. The molecule has 5 heteroatoms. The fraction of sp³-hybridized carbons (Fsp3) is 0.154. The summed E-state index contributed by atoms with van der Waals surface area (Å²) in [5.41, 5.74) is 2.39. The zero-order chi connectivity index (χ0) is 13.1. The van der Waals surface area contributed by atoms with Gasteiger partial charge in [0.25, 0.3) is 0 Å². The highest BCUT2D eigenvalue weighted by Crippen LogP contribution is 2.08. The second-order valence-electron chi connectivity index (χ2n) is 4.04. The minimum Gasteiger partial charge on any atom is -0.310 e. The molecule has 18 heavy (non-hydrogen) atoms. The van der Waals surface area contributed by atoms with Gasteiger partial charge in [0.1, 0.15) is 5.69 Å². The van der Waals surface area contributed by atoms with Crippen molar-refractivity contribution in [3.8, 4) is 0 Å². The minimum absolute atomic E-state index is 0.110. The standard InChI is InChI=1S/C13H12N2O2S/c1-8-12(15-13(17)14-8)11(16)6-9-2-4-10(7-18)5-3-9/h2-5,7H,6H2,1H3,(H2,14,15,17). The molecular formula is C13H12N2O2S. The van der Waals surface area contributed by atoms with Gasteiger partial charge < -0.3 is 9.97 Å². The summed E-state index contributed by atoms with van der Waals surface area (Å²) >= 11 is 4.81. The van der Waals surface area contributed by atoms with Crippen molar-refractivity contribution in [3.63, 3.8) is 0 Å². The van der Waals surface area contributed by atoms with Crippen molar-refractivity contribution < 1.29 is 4.79 Å². The number of aryl methyl sites for hydroxylation is 1. The van der Waals surface area contributed by atoms with E-state index in [9.17, 15) is 9.59 Å². The Morgan fingerprint density at radius 3 is 2.44 bits per heavy atom. The molecule has 0 bridgehead atoms. The summed E-state index contributed by atoms with van der Waals surface area (Å²) in [6.07, 6.45) is 0.256. The van der Waals surface area contributed by atoms with Gasteiger partial charge in [-0.3, -0.25) is 4.79 Å². The van der Waals surface area contributed by atoms with E-state index in [-0.39, 0.29) is 17.9 Å². The third-order valence-corrected chi connectivity index (χ3v) is 2.95. The van der Waals surface area contributed by atoms with Crippen LogP contribution in [0.4, 0.5) is 0 Å². The molecule has 0 spiro atoms. The first-order chi connectivity index (χ1) is 8.60. The number of carbonyl (C=O) groups is 1. The largest absolute Gasteiger partial charge is 0.323 e. The molecule has 0 unspecified atom stereocenters. The van der Waals surface area contributed by atoms with Crippen LogP contribution in [0.2, 0.25) is 0 Å². The zero-order valence-corrected chi connectivity index (χ0v) is 10.6. The molecule has 0 fully saturated rings. The predicted octanol–water partition coefficient (Wildman–Crippen LogP) is 1.78. The van der Waals surface area contributed by atoms with Gasteiger partial charge in [-0.05, 0) is 18.1 Å². The van der Waals surface area contributed by atoms with Crippen molar-refractivity contribution in [3.05, 3.63) is 57.3 Å². The molecule has 0 saturated heterocycles. The fourth-order valence-electron chi connectivity index (χ4n) is 1.74. The van der Waals surface area contributed by atoms with Crippen LogP contribution in [0.15, 0.2) is 29.1 Å². The first-order valence-corrected chi connectivity index (χ1v) is 5.93. The van der Waals surface area contributed by atoms with E-state index in [1.807, 2.05) is 24.3 Å². The molecule has 92 valence electrons. The topological polar surface area (TPSA) is 65.7 Å². The Hall–Kier alpha value is -2.01. The third-order valence-electron chi connectivity index (χ3n) is 2.67. The number of ketones is 1. The minimum atomic E-state index is -0.355. The number of hydrogen-bond acceptors (Lipinski definition) is 3. The Labute approximate surface area is 109 Å². The second kappa shape index (κ2) is 5.10. The van der Waals surface area contributed by atoms with Gasteiger partial charge in [0, 0.05) is 17.5 Å². The second-order valence-corrected chi connectivity index (χ2v) is 4.27. The van der Waals surface area contributed by atoms with Crippen molar-refractivity contribution >= 4 is 23.4 Å². The number of aromatic amines is 2. The van der Waals surface area contributed by atoms with Crippen LogP contribution in [-0.4, -0.2) is 21.1 Å². The zero-order valence-electron chi connectivity index (χ0n) is 9.82. The highest BCUT2D eigenvalue weighted by atomic mass is 32.1. The number of imidazole rings is 1. The average molecular weight is 260 g/mol. The maximum atomic E-state index is 12.0. The number of rotatable bonds is 4. The lowest BCUT2D eigenvalue weighted by Gasteiger charge is -2.01. The highest BCUT2D eigenvalue weighted by Gasteiger charge is 2.12. The lowest BCUT2D eigenvalue weighted by atomic mass is 10.0. The van der Waals surface area contributed by atoms with Gasteiger partial charge in [0.05, 0.1) is 0 Å². The van der Waals surface area contributed by atoms with Crippen molar-refractivity contribution in [2.75, 3.05) is 0 Å². The van der Waals surface area contributed by atoms with Crippen LogP contribution in [0.5, 0.6) is 0 Å². The maximum Gasteiger partial charge on any atom is 0.323 e. The van der Waals surface area contributed by atoms with Gasteiger partial charge in [-0.1, -0.05) is 36.5 Å². The van der Waals surface area contributed by atoms with E-state index < -0.39 is 0 Å². The van der Waals surface area contributed by atoms with Gasteiger partial charge in [0.15, 0.2) is 5.78 Å². The third kappa shape index (κ3) is 2.62. The number of benzene rings is 1.